The van der Waals surface area contributed by atoms with Crippen molar-refractivity contribution in [1.82, 2.24) is 4.98 Å². The smallest absolute Gasteiger partial charge is 0.389 e. The Morgan fingerprint density at radius 2 is 2.00 bits per heavy atom. The second-order valence-corrected chi connectivity index (χ2v) is 4.98. The molecule has 0 bridgehead atoms. The number of alkyl halides is 3. The van der Waals surface area contributed by atoms with E-state index in [2.05, 4.69) is 4.98 Å². The van der Waals surface area contributed by atoms with Crippen LogP contribution in [0.15, 0.2) is 12.3 Å². The molecule has 0 unspecified atom stereocenters. The molecule has 0 spiro atoms. The van der Waals surface area contributed by atoms with E-state index in [4.69, 9.17) is 0 Å². The molecule has 1 aromatic heterocycles. The molecule has 9 heteroatoms. The van der Waals surface area contributed by atoms with Crippen LogP contribution in [0.25, 0.3) is 0 Å². The Morgan fingerprint density at radius 3 is 2.40 bits per heavy atom. The highest BCUT2D eigenvalue weighted by Gasteiger charge is 2.35. The van der Waals surface area contributed by atoms with Crippen molar-refractivity contribution >= 4 is 11.4 Å². The van der Waals surface area contributed by atoms with Gasteiger partial charge in [-0.15, -0.1) is 0 Å². The fraction of sp³-hybridized carbons (Fsp3) is 0.545. The zero-order valence-electron chi connectivity index (χ0n) is 11.1. The number of nitrogens with zero attached hydrogens (tertiary/aromatic N) is 3. The number of nitro groups is 1. The van der Waals surface area contributed by atoms with Gasteiger partial charge in [0.15, 0.2) is 0 Å². The van der Waals surface area contributed by atoms with Crippen LogP contribution in [0, 0.1) is 10.1 Å². The van der Waals surface area contributed by atoms with E-state index in [9.17, 15) is 28.4 Å². The van der Waals surface area contributed by atoms with Crippen molar-refractivity contribution in [2.24, 2.45) is 0 Å². The summed E-state index contributed by atoms with van der Waals surface area (Å²) in [5.41, 5.74) is -3.24. The highest BCUT2D eigenvalue weighted by atomic mass is 19.4. The minimum atomic E-state index is -4.69. The van der Waals surface area contributed by atoms with Crippen molar-refractivity contribution in [1.29, 1.82) is 0 Å². The molecule has 0 saturated carbocycles. The SMILES string of the molecule is CN(CC(C)(C)O)c1cc(C(F)(F)F)ncc1[N+](=O)[O-]. The molecular weight excluding hydrogens is 279 g/mol. The maximum atomic E-state index is 12.6. The van der Waals surface area contributed by atoms with E-state index in [1.54, 1.807) is 0 Å². The number of likely N-dealkylation sites (N-methyl/N-ethyl adjacent to an activating group) is 1. The molecule has 6 nitrogen and oxygen atoms in total. The maximum absolute atomic E-state index is 12.6. The average Bonchev–Trinajstić information content (AvgIpc) is 2.24. The predicted octanol–water partition coefficient (Wildman–Crippen LogP) is 2.22. The van der Waals surface area contributed by atoms with E-state index in [1.807, 2.05) is 0 Å². The largest absolute Gasteiger partial charge is 0.433 e. The van der Waals surface area contributed by atoms with Gasteiger partial charge in [-0.2, -0.15) is 13.2 Å². The summed E-state index contributed by atoms with van der Waals surface area (Å²) in [7, 11) is 1.36. The van der Waals surface area contributed by atoms with Crippen molar-refractivity contribution in [2.45, 2.75) is 25.6 Å². The molecule has 0 radical (unpaired) electrons. The molecule has 0 saturated heterocycles. The third kappa shape index (κ3) is 4.05. The molecular formula is C11H14F3N3O3. The maximum Gasteiger partial charge on any atom is 0.433 e. The molecule has 0 amide bonds. The summed E-state index contributed by atoms with van der Waals surface area (Å²) in [6.45, 7) is 2.82. The Kier molecular flexibility index (Phi) is 4.23. The van der Waals surface area contributed by atoms with Gasteiger partial charge < -0.3 is 10.0 Å². The summed E-state index contributed by atoms with van der Waals surface area (Å²) in [6.07, 6.45) is -4.13. The number of anilines is 1. The number of pyridine rings is 1. The van der Waals surface area contributed by atoms with Crippen molar-refractivity contribution in [3.05, 3.63) is 28.1 Å². The van der Waals surface area contributed by atoms with Crippen LogP contribution >= 0.6 is 0 Å². The lowest BCUT2D eigenvalue weighted by Crippen LogP contribution is -2.36. The van der Waals surface area contributed by atoms with Gasteiger partial charge in [0.1, 0.15) is 17.6 Å². The van der Waals surface area contributed by atoms with E-state index in [0.717, 1.165) is 0 Å². The molecule has 112 valence electrons. The Labute approximate surface area is 113 Å². The summed E-state index contributed by atoms with van der Waals surface area (Å²) in [5, 5.41) is 20.5. The van der Waals surface area contributed by atoms with E-state index >= 15 is 0 Å². The second-order valence-electron chi connectivity index (χ2n) is 4.98. The van der Waals surface area contributed by atoms with E-state index in [1.165, 1.54) is 25.8 Å². The summed E-state index contributed by atoms with van der Waals surface area (Å²) in [6, 6.07) is 0.601. The van der Waals surface area contributed by atoms with Crippen LogP contribution in [0.4, 0.5) is 24.5 Å². The van der Waals surface area contributed by atoms with Crippen molar-refractivity contribution in [2.75, 3.05) is 18.5 Å². The number of rotatable bonds is 4. The zero-order valence-corrected chi connectivity index (χ0v) is 11.1. The van der Waals surface area contributed by atoms with Crippen LogP contribution < -0.4 is 4.90 Å². The normalized spacial score (nSPS) is 12.3. The fourth-order valence-electron chi connectivity index (χ4n) is 1.70. The third-order valence-electron chi connectivity index (χ3n) is 2.38. The van der Waals surface area contributed by atoms with Crippen molar-refractivity contribution in [3.63, 3.8) is 0 Å². The molecule has 0 aliphatic heterocycles. The number of hydrogen-bond donors (Lipinski definition) is 1. The fourth-order valence-corrected chi connectivity index (χ4v) is 1.70. The zero-order chi connectivity index (χ0) is 15.7. The van der Waals surface area contributed by atoms with Crippen LogP contribution in [0.1, 0.15) is 19.5 Å². The standard InChI is InChI=1S/C11H14F3N3O3/c1-10(2,18)6-16(3)7-4-9(11(12,13)14)15-5-8(7)17(19)20/h4-5,18H,6H2,1-3H3. The van der Waals surface area contributed by atoms with Gasteiger partial charge in [-0.3, -0.25) is 10.1 Å². The van der Waals surface area contributed by atoms with Crippen LogP contribution in [-0.2, 0) is 6.18 Å². The molecule has 0 aromatic carbocycles. The molecule has 1 aromatic rings. The van der Waals surface area contributed by atoms with Crippen LogP contribution in [0.2, 0.25) is 0 Å². The Balaban J connectivity index is 3.29. The van der Waals surface area contributed by atoms with Crippen molar-refractivity contribution < 1.29 is 23.2 Å². The van der Waals surface area contributed by atoms with Gasteiger partial charge >= 0.3 is 11.9 Å². The Bertz CT molecular complexity index is 512. The highest BCUT2D eigenvalue weighted by molar-refractivity contribution is 5.62. The molecule has 0 aliphatic rings. The third-order valence-corrected chi connectivity index (χ3v) is 2.38. The first-order valence-corrected chi connectivity index (χ1v) is 5.57. The van der Waals surface area contributed by atoms with Crippen LogP contribution in [0.3, 0.4) is 0 Å². The van der Waals surface area contributed by atoms with Crippen LogP contribution in [0.5, 0.6) is 0 Å². The molecule has 0 atom stereocenters. The number of aromatic nitrogens is 1. The van der Waals surface area contributed by atoms with Crippen LogP contribution in [-0.4, -0.2) is 34.2 Å². The van der Waals surface area contributed by atoms with E-state index in [0.29, 0.717) is 12.3 Å². The monoisotopic (exact) mass is 293 g/mol. The predicted molar refractivity (Wildman–Crippen MR) is 65.5 cm³/mol. The summed E-state index contributed by atoms with van der Waals surface area (Å²) >= 11 is 0. The second kappa shape index (κ2) is 5.23. The van der Waals surface area contributed by atoms with E-state index < -0.39 is 28.1 Å². The van der Waals surface area contributed by atoms with E-state index in [-0.39, 0.29) is 12.2 Å². The minimum absolute atomic E-state index is 0.0743. The minimum Gasteiger partial charge on any atom is -0.389 e. The molecule has 0 fully saturated rings. The quantitative estimate of drug-likeness (QED) is 0.680. The lowest BCUT2D eigenvalue weighted by atomic mass is 10.1. The lowest BCUT2D eigenvalue weighted by molar-refractivity contribution is -0.384. The number of aliphatic hydroxyl groups is 1. The molecule has 1 rings (SSSR count). The van der Waals surface area contributed by atoms with Gasteiger partial charge in [0.05, 0.1) is 10.5 Å². The summed E-state index contributed by atoms with van der Waals surface area (Å²) < 4.78 is 37.8. The summed E-state index contributed by atoms with van der Waals surface area (Å²) in [4.78, 5) is 14.3. The van der Waals surface area contributed by atoms with Crippen molar-refractivity contribution in [3.8, 4) is 0 Å². The Hall–Kier alpha value is -1.90. The highest BCUT2D eigenvalue weighted by Crippen LogP contribution is 2.34. The first-order valence-electron chi connectivity index (χ1n) is 5.57. The molecule has 0 aliphatic carbocycles. The van der Waals surface area contributed by atoms with Gasteiger partial charge in [0.25, 0.3) is 0 Å². The number of hydrogen-bond acceptors (Lipinski definition) is 5. The first-order chi connectivity index (χ1) is 8.92. The van der Waals surface area contributed by atoms with Gasteiger partial charge in [0.2, 0.25) is 0 Å². The first kappa shape index (κ1) is 16.2. The summed E-state index contributed by atoms with van der Waals surface area (Å²) in [5.74, 6) is 0. The van der Waals surface area contributed by atoms with Gasteiger partial charge in [-0.25, -0.2) is 4.98 Å². The van der Waals surface area contributed by atoms with Gasteiger partial charge in [0, 0.05) is 13.6 Å². The average molecular weight is 293 g/mol. The topological polar surface area (TPSA) is 79.5 Å². The molecule has 1 N–H and O–H groups in total. The molecule has 20 heavy (non-hydrogen) atoms. The molecule has 1 heterocycles. The Morgan fingerprint density at radius 1 is 1.45 bits per heavy atom. The van der Waals surface area contributed by atoms with Gasteiger partial charge in [-0.05, 0) is 19.9 Å². The van der Waals surface area contributed by atoms with Gasteiger partial charge in [-0.1, -0.05) is 0 Å². The number of halogens is 3. The lowest BCUT2D eigenvalue weighted by Gasteiger charge is -2.27.